The number of hydrogen-bond acceptors (Lipinski definition) is 5. The molecule has 0 bridgehead atoms. The van der Waals surface area contributed by atoms with E-state index in [1.165, 1.54) is 13.3 Å². The Hall–Kier alpha value is -1.78. The summed E-state index contributed by atoms with van der Waals surface area (Å²) in [5, 5.41) is 0. The average Bonchev–Trinajstić information content (AvgIpc) is 2.17. The van der Waals surface area contributed by atoms with Crippen molar-refractivity contribution >= 4 is 11.8 Å². The van der Waals surface area contributed by atoms with Crippen LogP contribution in [0.1, 0.15) is 28.3 Å². The van der Waals surface area contributed by atoms with Crippen molar-refractivity contribution in [2.24, 2.45) is 0 Å². The molecule has 0 aromatic carbocycles. The molecule has 15 heavy (non-hydrogen) atoms. The number of Topliss-reactive ketones (excluding diaryl/α,β-unsaturated/α-hetero) is 1. The van der Waals surface area contributed by atoms with Crippen molar-refractivity contribution in [3.8, 4) is 0 Å². The molecule has 0 N–H and O–H groups in total. The standard InChI is InChI=1S/C10H12N2O3/c1-6-5-11-10(7(2)12-6)8(13)4-9(14)15-3/h5H,4H2,1-3H3. The number of hydrogen-bond donors (Lipinski definition) is 0. The first kappa shape index (κ1) is 11.3. The number of ketones is 1. The summed E-state index contributed by atoms with van der Waals surface area (Å²) in [5.74, 6) is -0.936. The molecule has 0 saturated heterocycles. The van der Waals surface area contributed by atoms with Crippen molar-refractivity contribution < 1.29 is 14.3 Å². The minimum Gasteiger partial charge on any atom is -0.469 e. The Balaban J connectivity index is 2.87. The second kappa shape index (κ2) is 4.63. The van der Waals surface area contributed by atoms with E-state index >= 15 is 0 Å². The van der Waals surface area contributed by atoms with Gasteiger partial charge in [-0.15, -0.1) is 0 Å². The summed E-state index contributed by atoms with van der Waals surface area (Å²) in [4.78, 5) is 30.5. The first-order chi connectivity index (χ1) is 7.04. The lowest BCUT2D eigenvalue weighted by atomic mass is 10.1. The molecule has 0 radical (unpaired) electrons. The van der Waals surface area contributed by atoms with Crippen molar-refractivity contribution in [1.29, 1.82) is 0 Å². The van der Waals surface area contributed by atoms with Crippen LogP contribution >= 0.6 is 0 Å². The number of rotatable bonds is 3. The lowest BCUT2D eigenvalue weighted by Gasteiger charge is -2.02. The number of methoxy groups -OCH3 is 1. The highest BCUT2D eigenvalue weighted by molar-refractivity contribution is 6.05. The van der Waals surface area contributed by atoms with Gasteiger partial charge in [0.15, 0.2) is 5.78 Å². The van der Waals surface area contributed by atoms with E-state index in [2.05, 4.69) is 14.7 Å². The summed E-state index contributed by atoms with van der Waals surface area (Å²) >= 11 is 0. The van der Waals surface area contributed by atoms with Gasteiger partial charge in [-0.1, -0.05) is 0 Å². The first-order valence-corrected chi connectivity index (χ1v) is 4.45. The van der Waals surface area contributed by atoms with E-state index in [0.29, 0.717) is 5.69 Å². The maximum atomic E-state index is 11.5. The monoisotopic (exact) mass is 208 g/mol. The van der Waals surface area contributed by atoms with Gasteiger partial charge in [-0.3, -0.25) is 14.6 Å². The molecule has 1 rings (SSSR count). The van der Waals surface area contributed by atoms with Gasteiger partial charge in [-0.05, 0) is 13.8 Å². The third-order valence-corrected chi connectivity index (χ3v) is 1.86. The van der Waals surface area contributed by atoms with Crippen LogP contribution in [0, 0.1) is 13.8 Å². The number of esters is 1. The molecule has 0 unspecified atom stereocenters. The lowest BCUT2D eigenvalue weighted by Crippen LogP contribution is -2.13. The zero-order chi connectivity index (χ0) is 11.4. The molecule has 0 atom stereocenters. The van der Waals surface area contributed by atoms with E-state index in [4.69, 9.17) is 0 Å². The van der Waals surface area contributed by atoms with Crippen molar-refractivity contribution in [3.05, 3.63) is 23.3 Å². The maximum absolute atomic E-state index is 11.5. The molecular weight excluding hydrogens is 196 g/mol. The van der Waals surface area contributed by atoms with Gasteiger partial charge in [0.05, 0.1) is 18.5 Å². The van der Waals surface area contributed by atoms with Crippen LogP contribution in [0.4, 0.5) is 0 Å². The van der Waals surface area contributed by atoms with Gasteiger partial charge in [0, 0.05) is 6.20 Å². The van der Waals surface area contributed by atoms with Crippen LogP contribution in [0.25, 0.3) is 0 Å². The highest BCUT2D eigenvalue weighted by Crippen LogP contribution is 2.06. The molecule has 0 aliphatic carbocycles. The maximum Gasteiger partial charge on any atom is 0.313 e. The normalized spacial score (nSPS) is 9.80. The topological polar surface area (TPSA) is 69.2 Å². The van der Waals surface area contributed by atoms with E-state index in [-0.39, 0.29) is 17.9 Å². The van der Waals surface area contributed by atoms with Gasteiger partial charge in [0.2, 0.25) is 0 Å². The molecule has 0 amide bonds. The zero-order valence-electron chi connectivity index (χ0n) is 8.90. The van der Waals surface area contributed by atoms with Crippen molar-refractivity contribution in [3.63, 3.8) is 0 Å². The molecule has 5 nitrogen and oxygen atoms in total. The Morgan fingerprint density at radius 1 is 1.40 bits per heavy atom. The summed E-state index contributed by atoms with van der Waals surface area (Å²) < 4.78 is 4.40. The second-order valence-corrected chi connectivity index (χ2v) is 3.12. The van der Waals surface area contributed by atoms with Gasteiger partial charge >= 0.3 is 5.97 Å². The van der Waals surface area contributed by atoms with Crippen LogP contribution in [0.2, 0.25) is 0 Å². The number of ether oxygens (including phenoxy) is 1. The molecule has 1 heterocycles. The second-order valence-electron chi connectivity index (χ2n) is 3.12. The van der Waals surface area contributed by atoms with Crippen LogP contribution in [0.3, 0.4) is 0 Å². The predicted molar refractivity (Wildman–Crippen MR) is 52.5 cm³/mol. The van der Waals surface area contributed by atoms with E-state index < -0.39 is 5.97 Å². The zero-order valence-corrected chi connectivity index (χ0v) is 8.90. The summed E-state index contributed by atoms with van der Waals surface area (Å²) in [5.41, 5.74) is 1.50. The predicted octanol–water partition coefficient (Wildman–Crippen LogP) is 0.839. The Morgan fingerprint density at radius 2 is 2.07 bits per heavy atom. The molecule has 80 valence electrons. The van der Waals surface area contributed by atoms with Crippen molar-refractivity contribution in [1.82, 2.24) is 9.97 Å². The van der Waals surface area contributed by atoms with Crippen LogP contribution in [0.15, 0.2) is 6.20 Å². The molecule has 0 fully saturated rings. The number of aryl methyl sites for hydroxylation is 2. The average molecular weight is 208 g/mol. The summed E-state index contributed by atoms with van der Waals surface area (Å²) in [6, 6.07) is 0. The minimum atomic E-state index is -0.568. The van der Waals surface area contributed by atoms with E-state index in [1.54, 1.807) is 13.8 Å². The summed E-state index contributed by atoms with van der Waals surface area (Å²) in [6.07, 6.45) is 1.20. The fourth-order valence-electron chi connectivity index (χ4n) is 1.16. The Morgan fingerprint density at radius 3 is 2.60 bits per heavy atom. The van der Waals surface area contributed by atoms with Gasteiger partial charge in [0.25, 0.3) is 0 Å². The van der Waals surface area contributed by atoms with Crippen LogP contribution in [0.5, 0.6) is 0 Å². The number of nitrogens with zero attached hydrogens (tertiary/aromatic N) is 2. The number of aromatic nitrogens is 2. The molecule has 1 aromatic heterocycles. The fraction of sp³-hybridized carbons (Fsp3) is 0.400. The van der Waals surface area contributed by atoms with Crippen LogP contribution in [-0.4, -0.2) is 28.8 Å². The van der Waals surface area contributed by atoms with Gasteiger partial charge in [-0.2, -0.15) is 0 Å². The quantitative estimate of drug-likeness (QED) is 0.418. The Kier molecular flexibility index (Phi) is 3.49. The first-order valence-electron chi connectivity index (χ1n) is 4.45. The largest absolute Gasteiger partial charge is 0.469 e. The number of carbonyl (C=O) groups excluding carboxylic acids is 2. The molecule has 0 aliphatic heterocycles. The van der Waals surface area contributed by atoms with E-state index in [0.717, 1.165) is 5.69 Å². The van der Waals surface area contributed by atoms with E-state index in [1.807, 2.05) is 0 Å². The fourth-order valence-corrected chi connectivity index (χ4v) is 1.16. The van der Waals surface area contributed by atoms with Crippen molar-refractivity contribution in [2.45, 2.75) is 20.3 Å². The molecule has 0 spiro atoms. The smallest absolute Gasteiger partial charge is 0.313 e. The third-order valence-electron chi connectivity index (χ3n) is 1.86. The Labute approximate surface area is 87.5 Å². The molecule has 5 heteroatoms. The Bertz CT molecular complexity index is 402. The molecule has 1 aromatic rings. The van der Waals surface area contributed by atoms with E-state index in [9.17, 15) is 9.59 Å². The van der Waals surface area contributed by atoms with Gasteiger partial charge in [-0.25, -0.2) is 4.98 Å². The lowest BCUT2D eigenvalue weighted by molar-refractivity contribution is -0.139. The number of carbonyl (C=O) groups is 2. The molecule has 0 saturated carbocycles. The highest BCUT2D eigenvalue weighted by atomic mass is 16.5. The van der Waals surface area contributed by atoms with Crippen LogP contribution < -0.4 is 0 Å². The molecular formula is C10H12N2O3. The van der Waals surface area contributed by atoms with Gasteiger partial charge < -0.3 is 4.74 Å². The minimum absolute atomic E-state index is 0.228. The van der Waals surface area contributed by atoms with Crippen molar-refractivity contribution in [2.75, 3.05) is 7.11 Å². The summed E-state index contributed by atoms with van der Waals surface area (Å²) in [7, 11) is 1.24. The van der Waals surface area contributed by atoms with Crippen LogP contribution in [-0.2, 0) is 9.53 Å². The SMILES string of the molecule is COC(=O)CC(=O)c1ncc(C)nc1C. The highest BCUT2D eigenvalue weighted by Gasteiger charge is 2.16. The summed E-state index contributed by atoms with van der Waals surface area (Å²) in [6.45, 7) is 3.47. The molecule has 0 aliphatic rings. The van der Waals surface area contributed by atoms with Gasteiger partial charge in [0.1, 0.15) is 12.1 Å². The third kappa shape index (κ3) is 2.83.